The standard InChI is InChI=1S/C65H49NS/c1-42-38-58-59(39-43(42)2)65(51-22-10-6-11-23-51,52-24-12-7-13-25-52)63-45(4)44(3)40-60(62(58)63)66(53-34-30-47(31-35-53)50-21-16-20-49(41-50)46-18-8-5-9-19-46)54-36-32-48(33-37-54)55-27-17-28-57-56-26-14-15-29-61(56)67-64(55)57/h5-41H,1-4H3. The molecule has 0 bridgehead atoms. The van der Waals surface area contributed by atoms with Gasteiger partial charge in [0.2, 0.25) is 0 Å². The zero-order valence-electron chi connectivity index (χ0n) is 38.2. The van der Waals surface area contributed by atoms with Gasteiger partial charge >= 0.3 is 0 Å². The third-order valence-corrected chi connectivity index (χ3v) is 15.7. The number of aryl methyl sites for hydroxylation is 3. The molecule has 0 saturated heterocycles. The summed E-state index contributed by atoms with van der Waals surface area (Å²) in [6.45, 7) is 9.17. The second kappa shape index (κ2) is 16.3. The third-order valence-electron chi connectivity index (χ3n) is 14.4. The molecule has 0 N–H and O–H groups in total. The summed E-state index contributed by atoms with van der Waals surface area (Å²) in [5.41, 5.74) is 23.1. The van der Waals surface area contributed by atoms with Crippen molar-refractivity contribution in [3.05, 3.63) is 269 Å². The average molecular weight is 876 g/mol. The van der Waals surface area contributed by atoms with Crippen LogP contribution in [0.3, 0.4) is 0 Å². The van der Waals surface area contributed by atoms with Crippen LogP contribution in [0, 0.1) is 27.7 Å². The average Bonchev–Trinajstić information content (AvgIpc) is 3.91. The van der Waals surface area contributed by atoms with Crippen LogP contribution in [0.4, 0.5) is 17.1 Å². The number of benzene rings is 10. The molecule has 1 aliphatic carbocycles. The Labute approximate surface area is 397 Å². The molecule has 12 rings (SSSR count). The predicted molar refractivity (Wildman–Crippen MR) is 287 cm³/mol. The van der Waals surface area contributed by atoms with E-state index in [1.165, 1.54) is 115 Å². The van der Waals surface area contributed by atoms with Crippen LogP contribution in [0.2, 0.25) is 0 Å². The van der Waals surface area contributed by atoms with Crippen molar-refractivity contribution in [2.24, 2.45) is 0 Å². The molecule has 2 heteroatoms. The van der Waals surface area contributed by atoms with Crippen molar-refractivity contribution in [2.75, 3.05) is 4.90 Å². The molecule has 11 aromatic rings. The molecule has 0 saturated carbocycles. The van der Waals surface area contributed by atoms with Crippen molar-refractivity contribution < 1.29 is 0 Å². The third kappa shape index (κ3) is 6.58. The molecule has 1 aliphatic rings. The van der Waals surface area contributed by atoms with E-state index in [1.807, 2.05) is 11.3 Å². The molecule has 67 heavy (non-hydrogen) atoms. The Morgan fingerprint density at radius 2 is 0.910 bits per heavy atom. The predicted octanol–water partition coefficient (Wildman–Crippen LogP) is 18.1. The Morgan fingerprint density at radius 3 is 1.57 bits per heavy atom. The van der Waals surface area contributed by atoms with Gasteiger partial charge in [-0.3, -0.25) is 0 Å². The van der Waals surface area contributed by atoms with Crippen molar-refractivity contribution >= 4 is 48.6 Å². The minimum atomic E-state index is -0.539. The highest BCUT2D eigenvalue weighted by Gasteiger charge is 2.49. The maximum atomic E-state index is 2.52. The van der Waals surface area contributed by atoms with Gasteiger partial charge in [0.25, 0.3) is 0 Å². The first-order valence-electron chi connectivity index (χ1n) is 23.3. The number of rotatable bonds is 8. The summed E-state index contributed by atoms with van der Waals surface area (Å²) in [6.07, 6.45) is 0. The van der Waals surface area contributed by atoms with Crippen LogP contribution < -0.4 is 4.90 Å². The molecule has 1 heterocycles. The van der Waals surface area contributed by atoms with Crippen molar-refractivity contribution in [3.63, 3.8) is 0 Å². The molecule has 1 aromatic heterocycles. The molecular weight excluding hydrogens is 827 g/mol. The fourth-order valence-electron chi connectivity index (χ4n) is 10.9. The maximum Gasteiger partial charge on any atom is 0.0717 e. The van der Waals surface area contributed by atoms with E-state index < -0.39 is 5.41 Å². The number of nitrogens with zero attached hydrogens (tertiary/aromatic N) is 1. The zero-order valence-corrected chi connectivity index (χ0v) is 39.0. The number of anilines is 3. The Hall–Kier alpha value is -7.78. The Morgan fingerprint density at radius 1 is 0.388 bits per heavy atom. The molecule has 320 valence electrons. The summed E-state index contributed by atoms with van der Waals surface area (Å²) in [6, 6.07) is 83.4. The zero-order chi connectivity index (χ0) is 45.2. The van der Waals surface area contributed by atoms with Gasteiger partial charge in [-0.2, -0.15) is 0 Å². The van der Waals surface area contributed by atoms with Crippen LogP contribution in [0.15, 0.2) is 224 Å². The fourth-order valence-corrected chi connectivity index (χ4v) is 12.2. The molecule has 10 aromatic carbocycles. The lowest BCUT2D eigenvalue weighted by molar-refractivity contribution is 0.759. The van der Waals surface area contributed by atoms with Crippen molar-refractivity contribution in [3.8, 4) is 44.5 Å². The highest BCUT2D eigenvalue weighted by Crippen LogP contribution is 2.61. The van der Waals surface area contributed by atoms with E-state index in [9.17, 15) is 0 Å². The van der Waals surface area contributed by atoms with Gasteiger partial charge in [0, 0.05) is 37.1 Å². The largest absolute Gasteiger partial charge is 0.310 e. The molecule has 0 aliphatic heterocycles. The second-order valence-electron chi connectivity index (χ2n) is 18.2. The summed E-state index contributed by atoms with van der Waals surface area (Å²) in [5, 5.41) is 2.63. The Balaban J connectivity index is 1.09. The minimum Gasteiger partial charge on any atom is -0.310 e. The number of fused-ring (bicyclic) bond motifs is 6. The molecule has 1 nitrogen and oxygen atoms in total. The van der Waals surface area contributed by atoms with Gasteiger partial charge in [0.05, 0.1) is 11.1 Å². The van der Waals surface area contributed by atoms with E-state index in [-0.39, 0.29) is 0 Å². The molecule has 0 spiro atoms. The normalized spacial score (nSPS) is 12.6. The van der Waals surface area contributed by atoms with Gasteiger partial charge in [-0.1, -0.05) is 182 Å². The lowest BCUT2D eigenvalue weighted by Crippen LogP contribution is -2.30. The molecule has 0 amide bonds. The van der Waals surface area contributed by atoms with E-state index in [2.05, 4.69) is 257 Å². The summed E-state index contributed by atoms with van der Waals surface area (Å²) >= 11 is 1.88. The molecular formula is C65H49NS. The highest BCUT2D eigenvalue weighted by atomic mass is 32.1. The Kier molecular flexibility index (Phi) is 9.89. The lowest BCUT2D eigenvalue weighted by atomic mass is 9.66. The van der Waals surface area contributed by atoms with Gasteiger partial charge in [-0.25, -0.2) is 0 Å². The van der Waals surface area contributed by atoms with E-state index in [0.29, 0.717) is 0 Å². The summed E-state index contributed by atoms with van der Waals surface area (Å²) in [4.78, 5) is 2.52. The minimum absolute atomic E-state index is 0.539. The summed E-state index contributed by atoms with van der Waals surface area (Å²) < 4.78 is 2.65. The second-order valence-corrected chi connectivity index (χ2v) is 19.3. The lowest BCUT2D eigenvalue weighted by Gasteiger charge is -2.36. The van der Waals surface area contributed by atoms with Crippen LogP contribution in [0.1, 0.15) is 44.5 Å². The molecule has 0 fully saturated rings. The smallest absolute Gasteiger partial charge is 0.0717 e. The number of hydrogen-bond acceptors (Lipinski definition) is 2. The van der Waals surface area contributed by atoms with Gasteiger partial charge in [-0.15, -0.1) is 11.3 Å². The van der Waals surface area contributed by atoms with Gasteiger partial charge in [0.15, 0.2) is 0 Å². The molecule has 0 unspecified atom stereocenters. The summed E-state index contributed by atoms with van der Waals surface area (Å²) in [7, 11) is 0. The van der Waals surface area contributed by atoms with Crippen LogP contribution in [-0.4, -0.2) is 0 Å². The van der Waals surface area contributed by atoms with E-state index in [4.69, 9.17) is 0 Å². The van der Waals surface area contributed by atoms with E-state index in [0.717, 1.165) is 11.4 Å². The summed E-state index contributed by atoms with van der Waals surface area (Å²) in [5.74, 6) is 0. The van der Waals surface area contributed by atoms with Crippen LogP contribution in [0.25, 0.3) is 64.7 Å². The molecule has 0 radical (unpaired) electrons. The van der Waals surface area contributed by atoms with Crippen LogP contribution in [0.5, 0.6) is 0 Å². The quantitative estimate of drug-likeness (QED) is 0.147. The number of thiophene rings is 1. The molecule has 0 atom stereocenters. The van der Waals surface area contributed by atoms with Gasteiger partial charge in [-0.05, 0) is 154 Å². The van der Waals surface area contributed by atoms with Gasteiger partial charge < -0.3 is 4.90 Å². The SMILES string of the molecule is Cc1cc2c(cc1C)C(c1ccccc1)(c1ccccc1)c1c(C)c(C)cc(N(c3ccc(-c4cccc(-c5ccccc5)c4)cc3)c3ccc(-c4cccc5c4sc4ccccc45)cc3)c1-2. The first-order chi connectivity index (χ1) is 32.9. The Bertz CT molecular complexity index is 3600. The number of hydrogen-bond donors (Lipinski definition) is 0. The van der Waals surface area contributed by atoms with Crippen molar-refractivity contribution in [1.82, 2.24) is 0 Å². The van der Waals surface area contributed by atoms with Crippen LogP contribution >= 0.6 is 11.3 Å². The topological polar surface area (TPSA) is 3.24 Å². The van der Waals surface area contributed by atoms with Gasteiger partial charge in [0.1, 0.15) is 0 Å². The van der Waals surface area contributed by atoms with Crippen molar-refractivity contribution in [1.29, 1.82) is 0 Å². The first kappa shape index (κ1) is 40.7. The highest BCUT2D eigenvalue weighted by molar-refractivity contribution is 7.26. The van der Waals surface area contributed by atoms with Crippen molar-refractivity contribution in [2.45, 2.75) is 33.1 Å². The first-order valence-corrected chi connectivity index (χ1v) is 24.1. The maximum absolute atomic E-state index is 2.52. The van der Waals surface area contributed by atoms with E-state index in [1.54, 1.807) is 0 Å². The van der Waals surface area contributed by atoms with Crippen LogP contribution in [-0.2, 0) is 5.41 Å². The monoisotopic (exact) mass is 875 g/mol. The van der Waals surface area contributed by atoms with E-state index >= 15 is 0 Å². The fraction of sp³-hybridized carbons (Fsp3) is 0.0769.